The zero-order chi connectivity index (χ0) is 22.3. The Balaban J connectivity index is 2.18. The van der Waals surface area contributed by atoms with Gasteiger partial charge in [0, 0.05) is 7.05 Å². The van der Waals surface area contributed by atoms with E-state index in [4.69, 9.17) is 4.42 Å². The van der Waals surface area contributed by atoms with E-state index in [1.807, 2.05) is 36.6 Å². The number of aromatic nitrogens is 1. The number of hydrogen-bond acceptors (Lipinski definition) is 8. The number of nitrogens with zero attached hydrogens (tertiary/aromatic N) is 2. The number of benzene rings is 1. The fraction of sp³-hybridized carbons (Fsp3) is 0.474. The molecule has 11 heteroatoms. The van der Waals surface area contributed by atoms with Crippen LogP contribution in [0.25, 0.3) is 0 Å². The number of amides is 1. The minimum atomic E-state index is -3.60. The van der Waals surface area contributed by atoms with Crippen LogP contribution in [0.2, 0.25) is 0 Å². The van der Waals surface area contributed by atoms with Gasteiger partial charge in [0.1, 0.15) is 12.4 Å². The summed E-state index contributed by atoms with van der Waals surface area (Å²) in [6.45, 7) is 0. The highest BCUT2D eigenvalue weighted by atomic mass is 32.2. The van der Waals surface area contributed by atoms with Gasteiger partial charge in [0.05, 0.1) is 18.4 Å². The van der Waals surface area contributed by atoms with Gasteiger partial charge in [-0.05, 0) is 30.4 Å². The molecule has 0 fully saturated rings. The molecule has 3 atom stereocenters. The van der Waals surface area contributed by atoms with Crippen LogP contribution in [-0.2, 0) is 16.4 Å². The van der Waals surface area contributed by atoms with Gasteiger partial charge in [0.15, 0.2) is 5.69 Å². The van der Waals surface area contributed by atoms with Gasteiger partial charge in [0.25, 0.3) is 5.91 Å². The Bertz CT molecular complexity index is 919. The number of rotatable bonds is 11. The largest absolute Gasteiger partial charge is 0.430 e. The van der Waals surface area contributed by atoms with Crippen molar-refractivity contribution in [2.75, 3.05) is 29.6 Å². The summed E-state index contributed by atoms with van der Waals surface area (Å²) >= 11 is 1.55. The van der Waals surface area contributed by atoms with Crippen molar-refractivity contribution in [3.63, 3.8) is 0 Å². The molecule has 1 amide bonds. The van der Waals surface area contributed by atoms with Crippen molar-refractivity contribution in [3.05, 3.63) is 47.9 Å². The molecule has 1 aromatic heterocycles. The van der Waals surface area contributed by atoms with Crippen LogP contribution in [0.15, 0.2) is 41.0 Å². The fourth-order valence-electron chi connectivity index (χ4n) is 2.70. The lowest BCUT2D eigenvalue weighted by Gasteiger charge is -2.27. The van der Waals surface area contributed by atoms with Gasteiger partial charge in [-0.1, -0.05) is 30.3 Å². The van der Waals surface area contributed by atoms with Gasteiger partial charge in [-0.25, -0.2) is 12.7 Å². The average Bonchev–Trinajstić information content (AvgIpc) is 3.20. The van der Waals surface area contributed by atoms with E-state index in [2.05, 4.69) is 10.3 Å². The SMILES string of the molecule is CSCCC(O)C(O)C(Cc1ccccc1)NC(=O)c1coc(N(C)S(C)(=O)=O)n1. The summed E-state index contributed by atoms with van der Waals surface area (Å²) in [5, 5.41) is 23.7. The predicted molar refractivity (Wildman–Crippen MR) is 116 cm³/mol. The third kappa shape index (κ3) is 6.73. The van der Waals surface area contributed by atoms with Crippen LogP contribution in [0, 0.1) is 0 Å². The number of thioether (sulfide) groups is 1. The second-order valence-electron chi connectivity index (χ2n) is 6.85. The second kappa shape index (κ2) is 10.8. The van der Waals surface area contributed by atoms with Crippen molar-refractivity contribution in [2.24, 2.45) is 0 Å². The smallest absolute Gasteiger partial charge is 0.311 e. The average molecular weight is 458 g/mol. The lowest BCUT2D eigenvalue weighted by atomic mass is 9.96. The molecule has 0 radical (unpaired) electrons. The van der Waals surface area contributed by atoms with E-state index in [-0.39, 0.29) is 18.1 Å². The van der Waals surface area contributed by atoms with Gasteiger partial charge in [-0.2, -0.15) is 16.7 Å². The number of hydrogen-bond donors (Lipinski definition) is 3. The molecule has 3 unspecified atom stereocenters. The summed E-state index contributed by atoms with van der Waals surface area (Å²) < 4.78 is 29.1. The summed E-state index contributed by atoms with van der Waals surface area (Å²) in [6, 6.07) is 8.22. The topological polar surface area (TPSA) is 133 Å². The monoisotopic (exact) mass is 457 g/mol. The minimum absolute atomic E-state index is 0.135. The molecule has 3 N–H and O–H groups in total. The second-order valence-corrected chi connectivity index (χ2v) is 9.85. The van der Waals surface area contributed by atoms with Gasteiger partial charge in [0.2, 0.25) is 10.0 Å². The summed E-state index contributed by atoms with van der Waals surface area (Å²) in [5.41, 5.74) is 0.737. The Morgan fingerprint density at radius 2 is 1.97 bits per heavy atom. The number of nitrogens with one attached hydrogen (secondary N) is 1. The summed E-state index contributed by atoms with van der Waals surface area (Å²) in [5.74, 6) is 0.0123. The molecule has 0 bridgehead atoms. The molecule has 0 spiro atoms. The molecule has 1 aromatic carbocycles. The van der Waals surface area contributed by atoms with E-state index in [9.17, 15) is 23.4 Å². The lowest BCUT2D eigenvalue weighted by molar-refractivity contribution is -0.00410. The van der Waals surface area contributed by atoms with Gasteiger partial charge < -0.3 is 19.9 Å². The molecule has 0 saturated carbocycles. The highest BCUT2D eigenvalue weighted by Gasteiger charge is 2.29. The fourth-order valence-corrected chi connectivity index (χ4v) is 3.54. The molecule has 0 saturated heterocycles. The van der Waals surface area contributed by atoms with E-state index in [1.165, 1.54) is 7.05 Å². The first-order chi connectivity index (χ1) is 14.1. The van der Waals surface area contributed by atoms with Crippen LogP contribution < -0.4 is 9.62 Å². The van der Waals surface area contributed by atoms with Crippen molar-refractivity contribution in [1.29, 1.82) is 0 Å². The Kier molecular flexibility index (Phi) is 8.71. The molecule has 1 heterocycles. The number of oxazole rings is 1. The van der Waals surface area contributed by atoms with Crippen LogP contribution in [0.1, 0.15) is 22.5 Å². The van der Waals surface area contributed by atoms with Crippen molar-refractivity contribution in [2.45, 2.75) is 31.1 Å². The Morgan fingerprint density at radius 1 is 1.30 bits per heavy atom. The normalized spacial score (nSPS) is 14.7. The molecular formula is C19H27N3O6S2. The first-order valence-electron chi connectivity index (χ1n) is 9.22. The summed E-state index contributed by atoms with van der Waals surface area (Å²) in [6.07, 6.45) is 2.37. The zero-order valence-electron chi connectivity index (χ0n) is 17.1. The standard InChI is InChI=1S/C19H27N3O6S2/c1-22(30(3,26)27)19-21-15(12-28-19)18(25)20-14(11-13-7-5-4-6-8-13)17(24)16(23)9-10-29-2/h4-8,12,14,16-17,23-24H,9-11H2,1-3H3,(H,20,25). The van der Waals surface area contributed by atoms with Crippen LogP contribution in [0.3, 0.4) is 0 Å². The maximum absolute atomic E-state index is 12.7. The third-order valence-corrected chi connectivity index (χ3v) is 6.33. The molecular weight excluding hydrogens is 430 g/mol. The number of carbonyl (C=O) groups excluding carboxylic acids is 1. The number of carbonyl (C=O) groups is 1. The van der Waals surface area contributed by atoms with Crippen molar-refractivity contribution in [1.82, 2.24) is 10.3 Å². The number of aliphatic hydroxyl groups excluding tert-OH is 2. The molecule has 2 rings (SSSR count). The summed E-state index contributed by atoms with van der Waals surface area (Å²) in [7, 11) is -2.34. The molecule has 166 valence electrons. The maximum Gasteiger partial charge on any atom is 0.311 e. The zero-order valence-corrected chi connectivity index (χ0v) is 18.7. The molecule has 2 aromatic rings. The Morgan fingerprint density at radius 3 is 2.57 bits per heavy atom. The number of sulfonamides is 1. The van der Waals surface area contributed by atoms with Crippen molar-refractivity contribution < 1.29 is 27.8 Å². The number of aliphatic hydroxyl groups is 2. The van der Waals surface area contributed by atoms with Crippen LogP contribution in [0.4, 0.5) is 6.01 Å². The molecule has 30 heavy (non-hydrogen) atoms. The van der Waals surface area contributed by atoms with E-state index in [1.54, 1.807) is 11.8 Å². The van der Waals surface area contributed by atoms with E-state index in [0.717, 1.165) is 22.4 Å². The predicted octanol–water partition coefficient (Wildman–Crippen LogP) is 0.886. The van der Waals surface area contributed by atoms with Crippen LogP contribution in [0.5, 0.6) is 0 Å². The summed E-state index contributed by atoms with van der Waals surface area (Å²) in [4.78, 5) is 16.6. The van der Waals surface area contributed by atoms with E-state index in [0.29, 0.717) is 12.2 Å². The molecule has 0 aliphatic heterocycles. The molecule has 9 nitrogen and oxygen atoms in total. The Labute approximate surface area is 180 Å². The molecule has 0 aliphatic carbocycles. The van der Waals surface area contributed by atoms with Gasteiger partial charge in [-0.15, -0.1) is 0 Å². The van der Waals surface area contributed by atoms with Crippen LogP contribution in [-0.4, -0.2) is 73.1 Å². The number of anilines is 1. The lowest BCUT2D eigenvalue weighted by Crippen LogP contribution is -2.50. The van der Waals surface area contributed by atoms with Crippen molar-refractivity contribution >= 4 is 33.7 Å². The molecule has 0 aliphatic rings. The third-order valence-electron chi connectivity index (χ3n) is 4.53. The van der Waals surface area contributed by atoms with E-state index >= 15 is 0 Å². The highest BCUT2D eigenvalue weighted by Crippen LogP contribution is 2.16. The Hall–Kier alpha value is -2.08. The van der Waals surface area contributed by atoms with E-state index < -0.39 is 34.2 Å². The van der Waals surface area contributed by atoms with Crippen LogP contribution >= 0.6 is 11.8 Å². The highest BCUT2D eigenvalue weighted by molar-refractivity contribution is 7.98. The van der Waals surface area contributed by atoms with Crippen molar-refractivity contribution in [3.8, 4) is 0 Å². The maximum atomic E-state index is 12.7. The van der Waals surface area contributed by atoms with Gasteiger partial charge >= 0.3 is 6.01 Å². The first-order valence-corrected chi connectivity index (χ1v) is 12.5. The minimum Gasteiger partial charge on any atom is -0.430 e. The van der Waals surface area contributed by atoms with Gasteiger partial charge in [-0.3, -0.25) is 4.79 Å². The quantitative estimate of drug-likeness (QED) is 0.453. The first kappa shape index (κ1) is 24.2.